The van der Waals surface area contributed by atoms with Gasteiger partial charge in [0, 0.05) is 6.04 Å². The van der Waals surface area contributed by atoms with Crippen LogP contribution in [0.2, 0.25) is 0 Å². The Morgan fingerprint density at radius 1 is 0.941 bits per heavy atom. The molecule has 0 heterocycles. The summed E-state index contributed by atoms with van der Waals surface area (Å²) >= 11 is 0. The molecule has 1 atom stereocenters. The summed E-state index contributed by atoms with van der Waals surface area (Å²) in [6, 6.07) is -1.23. The highest BCUT2D eigenvalue weighted by Crippen LogP contribution is 2.61. The fourth-order valence-electron chi connectivity index (χ4n) is 1.55. The van der Waals surface area contributed by atoms with Gasteiger partial charge in [0.2, 0.25) is 0 Å². The lowest BCUT2D eigenvalue weighted by Gasteiger charge is -2.25. The number of hydrogen-bond acceptors (Lipinski definition) is 4. The molecule has 0 rings (SSSR count). The minimum atomic E-state index is -4.92. The average Bonchev–Trinajstić information content (AvgIpc) is 2.07. The number of rotatable bonds is 8. The molecule has 8 N–H and O–H groups in total. The number of nitrogens with two attached hydrogens (primary N) is 2. The lowest BCUT2D eigenvalue weighted by atomic mass is 10.1. The van der Waals surface area contributed by atoms with Gasteiger partial charge in [0.25, 0.3) is 0 Å². The molecule has 0 aliphatic heterocycles. The molecule has 0 fully saturated rings. The van der Waals surface area contributed by atoms with Crippen LogP contribution in [0.4, 0.5) is 0 Å². The predicted molar refractivity (Wildman–Crippen MR) is 63.4 cm³/mol. The molecule has 0 aromatic rings. The van der Waals surface area contributed by atoms with Gasteiger partial charge in [0.1, 0.15) is 0 Å². The van der Waals surface area contributed by atoms with E-state index in [1.54, 1.807) is 0 Å². The Hall–Kier alpha value is 0.220. The maximum Gasteiger partial charge on any atom is 0.342 e. The van der Waals surface area contributed by atoms with Crippen molar-refractivity contribution in [3.8, 4) is 0 Å². The minimum Gasteiger partial charge on any atom is -0.330 e. The summed E-state index contributed by atoms with van der Waals surface area (Å²) in [5.41, 5.74) is 10.7. The van der Waals surface area contributed by atoms with Crippen LogP contribution in [0.5, 0.6) is 0 Å². The molecule has 1 unspecified atom stereocenters. The lowest BCUT2D eigenvalue weighted by Crippen LogP contribution is -2.34. The first kappa shape index (κ1) is 17.2. The highest BCUT2D eigenvalue weighted by Gasteiger charge is 2.47. The third-order valence-corrected chi connectivity index (χ3v) is 6.26. The van der Waals surface area contributed by atoms with Crippen molar-refractivity contribution in [2.24, 2.45) is 11.5 Å². The van der Waals surface area contributed by atoms with Gasteiger partial charge in [-0.1, -0.05) is 12.8 Å². The van der Waals surface area contributed by atoms with Crippen LogP contribution in [0.25, 0.3) is 0 Å². The Labute approximate surface area is 99.7 Å². The van der Waals surface area contributed by atoms with Gasteiger partial charge in [-0.2, -0.15) is 0 Å². The SMILES string of the molecule is NCCCCCC(N)C(P(=O)(O)O)P(=O)(O)O. The topological polar surface area (TPSA) is 167 Å². The quantitative estimate of drug-likeness (QED) is 0.257. The largest absolute Gasteiger partial charge is 0.342 e. The van der Waals surface area contributed by atoms with Gasteiger partial charge < -0.3 is 31.0 Å². The van der Waals surface area contributed by atoms with Crippen molar-refractivity contribution < 1.29 is 28.7 Å². The monoisotopic (exact) mass is 290 g/mol. The van der Waals surface area contributed by atoms with Crippen molar-refractivity contribution >= 4 is 15.2 Å². The molecule has 104 valence electrons. The summed E-state index contributed by atoms with van der Waals surface area (Å²) in [4.78, 5) is 35.6. The second-order valence-corrected chi connectivity index (χ2v) is 7.77. The Morgan fingerprint density at radius 2 is 1.41 bits per heavy atom. The van der Waals surface area contributed by atoms with Crippen LogP contribution in [-0.4, -0.2) is 37.6 Å². The van der Waals surface area contributed by atoms with Crippen LogP contribution in [0.1, 0.15) is 25.7 Å². The Balaban J connectivity index is 4.52. The maximum atomic E-state index is 11.0. The fraction of sp³-hybridized carbons (Fsp3) is 1.00. The zero-order valence-electron chi connectivity index (χ0n) is 9.34. The average molecular weight is 290 g/mol. The molecule has 0 aromatic carbocycles. The maximum absolute atomic E-state index is 11.0. The third kappa shape index (κ3) is 6.64. The van der Waals surface area contributed by atoms with E-state index in [1.807, 2.05) is 0 Å². The molecule has 0 bridgehead atoms. The van der Waals surface area contributed by atoms with Crippen molar-refractivity contribution in [2.45, 2.75) is 37.1 Å². The lowest BCUT2D eigenvalue weighted by molar-refractivity contribution is 0.326. The van der Waals surface area contributed by atoms with Crippen molar-refractivity contribution in [3.05, 3.63) is 0 Å². The van der Waals surface area contributed by atoms with Crippen molar-refractivity contribution in [1.29, 1.82) is 0 Å². The van der Waals surface area contributed by atoms with Crippen molar-refractivity contribution in [1.82, 2.24) is 0 Å². The first-order chi connectivity index (χ1) is 7.60. The molecule has 0 aliphatic carbocycles. The molecule has 0 amide bonds. The Bertz CT molecular complexity index is 291. The molecular formula is C7H20N2O6P2. The highest BCUT2D eigenvalue weighted by atomic mass is 31.2. The van der Waals surface area contributed by atoms with Gasteiger partial charge in [-0.25, -0.2) is 0 Å². The van der Waals surface area contributed by atoms with Gasteiger partial charge in [0.15, 0.2) is 5.40 Å². The Kier molecular flexibility index (Phi) is 7.06. The van der Waals surface area contributed by atoms with Crippen molar-refractivity contribution in [2.75, 3.05) is 6.54 Å². The molecule has 0 aromatic heterocycles. The first-order valence-corrected chi connectivity index (χ1v) is 8.53. The molecule has 10 heteroatoms. The second kappa shape index (κ2) is 6.97. The number of unbranched alkanes of at least 4 members (excludes halogenated alkanes) is 2. The van der Waals surface area contributed by atoms with Gasteiger partial charge in [0.05, 0.1) is 0 Å². The van der Waals surface area contributed by atoms with E-state index in [0.717, 1.165) is 6.42 Å². The van der Waals surface area contributed by atoms with Crippen LogP contribution in [0.15, 0.2) is 0 Å². The first-order valence-electron chi connectivity index (χ1n) is 5.16. The Morgan fingerprint density at radius 3 is 1.76 bits per heavy atom. The van der Waals surface area contributed by atoms with E-state index in [2.05, 4.69) is 0 Å². The molecule has 0 saturated heterocycles. The molecule has 0 aliphatic rings. The summed E-state index contributed by atoms with van der Waals surface area (Å²) in [7, 11) is -9.84. The zero-order valence-corrected chi connectivity index (χ0v) is 11.1. The van der Waals surface area contributed by atoms with E-state index in [0.29, 0.717) is 19.4 Å². The van der Waals surface area contributed by atoms with Crippen LogP contribution < -0.4 is 11.5 Å². The number of hydrogen-bond donors (Lipinski definition) is 6. The van der Waals surface area contributed by atoms with E-state index < -0.39 is 26.6 Å². The van der Waals surface area contributed by atoms with E-state index in [4.69, 9.17) is 31.0 Å². The summed E-state index contributed by atoms with van der Waals surface area (Å²) in [6.45, 7) is 0.496. The van der Waals surface area contributed by atoms with Crippen LogP contribution in [0, 0.1) is 0 Å². The van der Waals surface area contributed by atoms with Gasteiger partial charge in [-0.05, 0) is 19.4 Å². The standard InChI is InChI=1S/C7H20N2O6P2/c8-5-3-1-2-4-6(9)7(16(10,11)12)17(13,14)15/h6-7H,1-5,8-9H2,(H2,10,11,12)(H2,13,14,15). The van der Waals surface area contributed by atoms with Crippen LogP contribution >= 0.6 is 15.2 Å². The fourth-order valence-corrected chi connectivity index (χ4v) is 4.41. The van der Waals surface area contributed by atoms with Crippen LogP contribution in [0.3, 0.4) is 0 Å². The molecule has 0 saturated carbocycles. The minimum absolute atomic E-state index is 0.140. The molecule has 8 nitrogen and oxygen atoms in total. The second-order valence-electron chi connectivity index (χ2n) is 3.89. The van der Waals surface area contributed by atoms with Gasteiger partial charge >= 0.3 is 15.2 Å². The molecule has 0 spiro atoms. The summed E-state index contributed by atoms with van der Waals surface area (Å²) in [5.74, 6) is 0. The van der Waals surface area contributed by atoms with E-state index in [9.17, 15) is 9.13 Å². The van der Waals surface area contributed by atoms with Gasteiger partial charge in [-0.15, -0.1) is 0 Å². The molecular weight excluding hydrogens is 270 g/mol. The molecule has 17 heavy (non-hydrogen) atoms. The summed E-state index contributed by atoms with van der Waals surface area (Å²) in [6.07, 6.45) is 2.11. The van der Waals surface area contributed by atoms with E-state index >= 15 is 0 Å². The smallest absolute Gasteiger partial charge is 0.330 e. The van der Waals surface area contributed by atoms with E-state index in [1.165, 1.54) is 0 Å². The van der Waals surface area contributed by atoms with E-state index in [-0.39, 0.29) is 6.42 Å². The van der Waals surface area contributed by atoms with Crippen molar-refractivity contribution in [3.63, 3.8) is 0 Å². The third-order valence-electron chi connectivity index (χ3n) is 2.31. The summed E-state index contributed by atoms with van der Waals surface area (Å²) in [5, 5.41) is -2.12. The van der Waals surface area contributed by atoms with Gasteiger partial charge in [-0.3, -0.25) is 9.13 Å². The zero-order chi connectivity index (χ0) is 13.7. The summed E-state index contributed by atoms with van der Waals surface area (Å²) < 4.78 is 22.0. The normalized spacial score (nSPS) is 15.2. The molecule has 0 radical (unpaired) electrons. The van der Waals surface area contributed by atoms with Crippen LogP contribution in [-0.2, 0) is 9.13 Å². The highest BCUT2D eigenvalue weighted by molar-refractivity contribution is 7.71. The predicted octanol–water partition coefficient (Wildman–Crippen LogP) is -0.486.